The van der Waals surface area contributed by atoms with Crippen LogP contribution in [0.15, 0.2) is 84.1 Å². The Labute approximate surface area is 185 Å². The molecule has 0 atom stereocenters. The predicted octanol–water partition coefficient (Wildman–Crippen LogP) is 6.71. The number of halogens is 2. The molecule has 4 aromatic rings. The van der Waals surface area contributed by atoms with Crippen LogP contribution in [0.5, 0.6) is 0 Å². The minimum absolute atomic E-state index is 0.249. The molecule has 0 spiro atoms. The van der Waals surface area contributed by atoms with E-state index in [0.29, 0.717) is 10.0 Å². The van der Waals surface area contributed by atoms with E-state index in [9.17, 15) is 0 Å². The molecule has 4 rings (SSSR count). The summed E-state index contributed by atoms with van der Waals surface area (Å²) in [4.78, 5) is 5.47. The minimum Gasteiger partial charge on any atom is -0.391 e. The number of para-hydroxylation sites is 1. The van der Waals surface area contributed by atoms with E-state index in [1.165, 1.54) is 5.56 Å². The maximum atomic E-state index is 6.18. The van der Waals surface area contributed by atoms with Gasteiger partial charge in [-0.15, -0.1) is 0 Å². The standard InChI is InChI=1S/C24H19Cl2N3O/c1-17-7-9-18(10-8-17)24-20(15-29(28-24)22-5-3-2-4-6-22)14-27-30-16-19-11-12-21(25)13-23(19)26/h2-15H,16H2,1H3/b27-14+. The van der Waals surface area contributed by atoms with E-state index < -0.39 is 0 Å². The van der Waals surface area contributed by atoms with Crippen LogP contribution in [0.1, 0.15) is 16.7 Å². The molecule has 0 aliphatic heterocycles. The topological polar surface area (TPSA) is 39.4 Å². The van der Waals surface area contributed by atoms with Crippen molar-refractivity contribution in [2.24, 2.45) is 5.16 Å². The molecular weight excluding hydrogens is 417 g/mol. The third-order valence-electron chi connectivity index (χ3n) is 4.59. The fraction of sp³-hybridized carbons (Fsp3) is 0.0833. The highest BCUT2D eigenvalue weighted by Gasteiger charge is 2.11. The predicted molar refractivity (Wildman–Crippen MR) is 123 cm³/mol. The SMILES string of the molecule is Cc1ccc(-c2nn(-c3ccccc3)cc2/C=N/OCc2ccc(Cl)cc2Cl)cc1. The lowest BCUT2D eigenvalue weighted by molar-refractivity contribution is 0.132. The third kappa shape index (κ3) is 4.73. The van der Waals surface area contributed by atoms with Crippen molar-refractivity contribution in [3.8, 4) is 16.9 Å². The summed E-state index contributed by atoms with van der Waals surface area (Å²) in [6.45, 7) is 2.31. The second kappa shape index (κ2) is 9.16. The van der Waals surface area contributed by atoms with Gasteiger partial charge in [0, 0.05) is 32.9 Å². The van der Waals surface area contributed by atoms with Crippen LogP contribution in [0.25, 0.3) is 16.9 Å². The third-order valence-corrected chi connectivity index (χ3v) is 5.18. The molecule has 0 aliphatic rings. The molecule has 0 fully saturated rings. The first-order chi connectivity index (χ1) is 14.6. The van der Waals surface area contributed by atoms with Crippen molar-refractivity contribution in [1.29, 1.82) is 0 Å². The number of aryl methyl sites for hydroxylation is 1. The highest BCUT2D eigenvalue weighted by molar-refractivity contribution is 6.35. The lowest BCUT2D eigenvalue weighted by Crippen LogP contribution is -1.93. The molecule has 4 nitrogen and oxygen atoms in total. The van der Waals surface area contributed by atoms with Gasteiger partial charge in [0.1, 0.15) is 12.3 Å². The summed E-state index contributed by atoms with van der Waals surface area (Å²) < 4.78 is 1.84. The van der Waals surface area contributed by atoms with Crippen molar-refractivity contribution in [3.05, 3.63) is 106 Å². The molecule has 1 aromatic heterocycles. The molecule has 0 amide bonds. The number of rotatable bonds is 6. The zero-order chi connectivity index (χ0) is 20.9. The van der Waals surface area contributed by atoms with Crippen LogP contribution in [-0.2, 0) is 11.4 Å². The van der Waals surface area contributed by atoms with Crippen LogP contribution in [0.4, 0.5) is 0 Å². The molecule has 0 saturated heterocycles. The normalized spacial score (nSPS) is 11.2. The van der Waals surface area contributed by atoms with E-state index in [0.717, 1.165) is 28.1 Å². The van der Waals surface area contributed by atoms with Crippen LogP contribution in [-0.4, -0.2) is 16.0 Å². The van der Waals surface area contributed by atoms with Gasteiger partial charge in [0.05, 0.1) is 11.9 Å². The number of hydrogen-bond acceptors (Lipinski definition) is 3. The Morgan fingerprint density at radius 3 is 2.50 bits per heavy atom. The average Bonchev–Trinajstić information content (AvgIpc) is 3.18. The maximum Gasteiger partial charge on any atom is 0.143 e. The summed E-state index contributed by atoms with van der Waals surface area (Å²) in [5.41, 5.74) is 5.68. The molecule has 0 aliphatic carbocycles. The highest BCUT2D eigenvalue weighted by atomic mass is 35.5. The lowest BCUT2D eigenvalue weighted by Gasteiger charge is -2.03. The van der Waals surface area contributed by atoms with Gasteiger partial charge in [0.2, 0.25) is 0 Å². The summed E-state index contributed by atoms with van der Waals surface area (Å²) >= 11 is 12.1. The average molecular weight is 436 g/mol. The molecule has 0 N–H and O–H groups in total. The zero-order valence-corrected chi connectivity index (χ0v) is 17.8. The van der Waals surface area contributed by atoms with Crippen LogP contribution < -0.4 is 0 Å². The van der Waals surface area contributed by atoms with Crippen LogP contribution in [0.2, 0.25) is 10.0 Å². The van der Waals surface area contributed by atoms with Crippen molar-refractivity contribution in [2.75, 3.05) is 0 Å². The summed E-state index contributed by atoms with van der Waals surface area (Å²) in [5.74, 6) is 0. The van der Waals surface area contributed by atoms with Gasteiger partial charge < -0.3 is 4.84 Å². The first kappa shape index (κ1) is 20.2. The number of hydrogen-bond donors (Lipinski definition) is 0. The van der Waals surface area contributed by atoms with E-state index in [1.807, 2.05) is 47.3 Å². The lowest BCUT2D eigenvalue weighted by atomic mass is 10.1. The monoisotopic (exact) mass is 435 g/mol. The van der Waals surface area contributed by atoms with Crippen molar-refractivity contribution < 1.29 is 4.84 Å². The molecule has 0 radical (unpaired) electrons. The molecule has 1 heterocycles. The minimum atomic E-state index is 0.249. The Morgan fingerprint density at radius 1 is 1.00 bits per heavy atom. The van der Waals surface area contributed by atoms with Gasteiger partial charge >= 0.3 is 0 Å². The first-order valence-corrected chi connectivity index (χ1v) is 10.2. The fourth-order valence-corrected chi connectivity index (χ4v) is 3.43. The number of benzene rings is 3. The Kier molecular flexibility index (Phi) is 6.17. The van der Waals surface area contributed by atoms with Crippen LogP contribution in [0, 0.1) is 6.92 Å². The molecule has 150 valence electrons. The van der Waals surface area contributed by atoms with Crippen molar-refractivity contribution >= 4 is 29.4 Å². The largest absolute Gasteiger partial charge is 0.391 e. The van der Waals surface area contributed by atoms with E-state index >= 15 is 0 Å². The van der Waals surface area contributed by atoms with Gasteiger partial charge in [0.15, 0.2) is 0 Å². The van der Waals surface area contributed by atoms with Gasteiger partial charge in [-0.1, -0.05) is 82.5 Å². The zero-order valence-electron chi connectivity index (χ0n) is 16.3. The van der Waals surface area contributed by atoms with E-state index in [1.54, 1.807) is 18.3 Å². The Bertz CT molecular complexity index is 1170. The smallest absolute Gasteiger partial charge is 0.143 e. The molecular formula is C24H19Cl2N3O. The summed E-state index contributed by atoms with van der Waals surface area (Å²) in [6.07, 6.45) is 3.61. The number of nitrogens with zero attached hydrogens (tertiary/aromatic N) is 3. The second-order valence-electron chi connectivity index (χ2n) is 6.82. The van der Waals surface area contributed by atoms with E-state index in [4.69, 9.17) is 33.1 Å². The molecule has 6 heteroatoms. The molecule has 0 unspecified atom stereocenters. The van der Waals surface area contributed by atoms with Crippen LogP contribution >= 0.6 is 23.2 Å². The summed E-state index contributed by atoms with van der Waals surface area (Å²) in [7, 11) is 0. The van der Waals surface area contributed by atoms with Gasteiger partial charge in [0.25, 0.3) is 0 Å². The Balaban J connectivity index is 1.59. The van der Waals surface area contributed by atoms with Gasteiger partial charge in [-0.25, -0.2) is 4.68 Å². The highest BCUT2D eigenvalue weighted by Crippen LogP contribution is 2.24. The van der Waals surface area contributed by atoms with Gasteiger partial charge in [-0.2, -0.15) is 5.10 Å². The van der Waals surface area contributed by atoms with Gasteiger partial charge in [-0.05, 0) is 31.2 Å². The fourth-order valence-electron chi connectivity index (χ4n) is 2.97. The maximum absolute atomic E-state index is 6.18. The van der Waals surface area contributed by atoms with Crippen molar-refractivity contribution in [2.45, 2.75) is 13.5 Å². The summed E-state index contributed by atoms with van der Waals surface area (Å²) in [6, 6.07) is 23.5. The first-order valence-electron chi connectivity index (χ1n) is 9.41. The van der Waals surface area contributed by atoms with Crippen LogP contribution in [0.3, 0.4) is 0 Å². The van der Waals surface area contributed by atoms with Gasteiger partial charge in [-0.3, -0.25) is 0 Å². The summed E-state index contributed by atoms with van der Waals surface area (Å²) in [5, 5.41) is 10.1. The number of oxime groups is 1. The Morgan fingerprint density at radius 2 is 1.77 bits per heavy atom. The van der Waals surface area contributed by atoms with E-state index in [-0.39, 0.29) is 6.61 Å². The molecule has 0 bridgehead atoms. The van der Waals surface area contributed by atoms with Crippen molar-refractivity contribution in [3.63, 3.8) is 0 Å². The Hall–Kier alpha value is -3.08. The van der Waals surface area contributed by atoms with Crippen molar-refractivity contribution in [1.82, 2.24) is 9.78 Å². The second-order valence-corrected chi connectivity index (χ2v) is 7.67. The molecule has 3 aromatic carbocycles. The number of aromatic nitrogens is 2. The molecule has 30 heavy (non-hydrogen) atoms. The van der Waals surface area contributed by atoms with E-state index in [2.05, 4.69) is 36.3 Å². The quantitative estimate of drug-likeness (QED) is 0.249. The molecule has 0 saturated carbocycles.